The minimum Gasteiger partial charge on any atom is -0.467 e. The number of fused-ring (bicyclic) bond motifs is 1. The van der Waals surface area contributed by atoms with E-state index in [9.17, 15) is 22.8 Å². The number of hydrogen-bond acceptors (Lipinski definition) is 7. The number of methoxy groups -OCH3 is 1. The molecule has 0 saturated carbocycles. The van der Waals surface area contributed by atoms with Crippen LogP contribution in [0.25, 0.3) is 16.9 Å². The molecule has 0 aliphatic rings. The maximum absolute atomic E-state index is 12.7. The third-order valence-electron chi connectivity index (χ3n) is 3.90. The Kier molecular flexibility index (Phi) is 5.03. The second kappa shape index (κ2) is 7.29. The van der Waals surface area contributed by atoms with Crippen LogP contribution in [0.2, 0.25) is 0 Å². The second-order valence-electron chi connectivity index (χ2n) is 5.62. The smallest absolute Gasteiger partial charge is 0.467 e. The molecule has 0 bridgehead atoms. The minimum atomic E-state index is -4.80. The van der Waals surface area contributed by atoms with Gasteiger partial charge in [-0.25, -0.2) is 9.78 Å². The molecule has 1 aromatic carbocycles. The lowest BCUT2D eigenvalue weighted by Crippen LogP contribution is -2.30. The van der Waals surface area contributed by atoms with Crippen molar-refractivity contribution in [1.29, 1.82) is 0 Å². The first-order chi connectivity index (χ1) is 13.2. The van der Waals surface area contributed by atoms with E-state index in [2.05, 4.69) is 24.8 Å². The van der Waals surface area contributed by atoms with Gasteiger partial charge in [-0.15, -0.1) is 18.3 Å². The topological polar surface area (TPSA) is 101 Å². The van der Waals surface area contributed by atoms with Gasteiger partial charge in [0.25, 0.3) is 5.56 Å². The first-order valence-electron chi connectivity index (χ1n) is 8.01. The van der Waals surface area contributed by atoms with Crippen molar-refractivity contribution in [3.8, 4) is 11.4 Å². The van der Waals surface area contributed by atoms with E-state index in [0.29, 0.717) is 12.1 Å². The van der Waals surface area contributed by atoms with Gasteiger partial charge >= 0.3 is 12.3 Å². The quantitative estimate of drug-likeness (QED) is 0.607. The summed E-state index contributed by atoms with van der Waals surface area (Å²) in [4.78, 5) is 28.6. The van der Waals surface area contributed by atoms with Crippen molar-refractivity contribution in [2.75, 3.05) is 7.11 Å². The Balaban J connectivity index is 2.00. The third kappa shape index (κ3) is 3.66. The van der Waals surface area contributed by atoms with Crippen LogP contribution >= 0.6 is 0 Å². The van der Waals surface area contributed by atoms with Crippen LogP contribution in [0, 0.1) is 0 Å². The molecular weight excluding hydrogens is 383 g/mol. The van der Waals surface area contributed by atoms with E-state index < -0.39 is 29.7 Å². The number of nitrogens with zero attached hydrogens (tertiary/aromatic N) is 5. The number of ether oxygens (including phenoxy) is 2. The molecule has 0 spiro atoms. The minimum absolute atomic E-state index is 0.0884. The Labute approximate surface area is 155 Å². The number of carbonyl (C=O) groups is 1. The maximum Gasteiger partial charge on any atom is 0.573 e. The van der Waals surface area contributed by atoms with Gasteiger partial charge in [0.15, 0.2) is 11.2 Å². The molecule has 1 unspecified atom stereocenters. The zero-order valence-electron chi connectivity index (χ0n) is 14.7. The van der Waals surface area contributed by atoms with Crippen LogP contribution in [0.3, 0.4) is 0 Å². The summed E-state index contributed by atoms with van der Waals surface area (Å²) in [5.74, 6) is -1.00. The number of rotatable bonds is 5. The second-order valence-corrected chi connectivity index (χ2v) is 5.62. The van der Waals surface area contributed by atoms with Gasteiger partial charge in [0.05, 0.1) is 12.8 Å². The van der Waals surface area contributed by atoms with Crippen LogP contribution in [0.4, 0.5) is 13.2 Å². The molecule has 12 heteroatoms. The van der Waals surface area contributed by atoms with Gasteiger partial charge in [0.2, 0.25) is 0 Å². The molecular formula is C16H14F3N5O4. The molecule has 2 aromatic heterocycles. The molecule has 2 heterocycles. The van der Waals surface area contributed by atoms with Crippen LogP contribution in [0.1, 0.15) is 19.4 Å². The normalized spacial score (nSPS) is 12.8. The lowest BCUT2D eigenvalue weighted by Gasteiger charge is -2.14. The van der Waals surface area contributed by atoms with Gasteiger partial charge in [-0.3, -0.25) is 9.36 Å². The predicted molar refractivity (Wildman–Crippen MR) is 88.9 cm³/mol. The lowest BCUT2D eigenvalue weighted by molar-refractivity contribution is -0.274. The van der Waals surface area contributed by atoms with Gasteiger partial charge in [0.1, 0.15) is 18.1 Å². The van der Waals surface area contributed by atoms with Gasteiger partial charge in [-0.1, -0.05) is 12.1 Å². The molecule has 0 aliphatic carbocycles. The van der Waals surface area contributed by atoms with Crippen molar-refractivity contribution >= 4 is 17.1 Å². The Morgan fingerprint density at radius 1 is 1.25 bits per heavy atom. The average Bonchev–Trinajstić information content (AvgIpc) is 3.08. The molecule has 0 N–H and O–H groups in total. The number of carbonyl (C=O) groups excluding carboxylic acids is 1. The summed E-state index contributed by atoms with van der Waals surface area (Å²) in [6.07, 6.45) is -3.32. The summed E-state index contributed by atoms with van der Waals surface area (Å²) in [7, 11) is 1.21. The standard InChI is InChI=1S/C16H14F3N5O4/c1-3-11(15(26)27-2)23-8-20-13-12(14(23)25)21-22-24(13)9-4-6-10(7-5-9)28-16(17,18)19/h4-8,11H,3H2,1-2H3. The van der Waals surface area contributed by atoms with E-state index in [4.69, 9.17) is 0 Å². The summed E-state index contributed by atoms with van der Waals surface area (Å²) in [6, 6.07) is 3.96. The number of alkyl halides is 3. The predicted octanol–water partition coefficient (Wildman–Crippen LogP) is 2.00. The zero-order valence-corrected chi connectivity index (χ0v) is 14.7. The third-order valence-corrected chi connectivity index (χ3v) is 3.90. The maximum atomic E-state index is 12.7. The molecule has 3 rings (SSSR count). The monoisotopic (exact) mass is 397 g/mol. The molecule has 28 heavy (non-hydrogen) atoms. The summed E-state index contributed by atoms with van der Waals surface area (Å²) in [5, 5.41) is 7.63. The molecule has 1 atom stereocenters. The fraction of sp³-hybridized carbons (Fsp3) is 0.312. The van der Waals surface area contributed by atoms with Crippen molar-refractivity contribution < 1.29 is 27.4 Å². The number of halogens is 3. The van der Waals surface area contributed by atoms with Gasteiger partial charge < -0.3 is 9.47 Å². The molecule has 0 fully saturated rings. The SMILES string of the molecule is CCC(C(=O)OC)n1cnc2c(nnn2-c2ccc(OC(F)(F)F)cc2)c1=O. The van der Waals surface area contributed by atoms with Crippen molar-refractivity contribution in [3.63, 3.8) is 0 Å². The van der Waals surface area contributed by atoms with E-state index in [0.717, 1.165) is 16.7 Å². The Morgan fingerprint density at radius 2 is 1.93 bits per heavy atom. The molecule has 3 aromatic rings. The highest BCUT2D eigenvalue weighted by Crippen LogP contribution is 2.24. The fourth-order valence-electron chi connectivity index (χ4n) is 2.62. The van der Waals surface area contributed by atoms with Crippen LogP contribution < -0.4 is 10.3 Å². The fourth-order valence-corrected chi connectivity index (χ4v) is 2.62. The number of esters is 1. The Bertz CT molecular complexity index is 1060. The Hall–Kier alpha value is -3.44. The molecule has 0 amide bonds. The van der Waals surface area contributed by atoms with Crippen LogP contribution in [0.5, 0.6) is 5.75 Å². The first kappa shape index (κ1) is 19.3. The largest absolute Gasteiger partial charge is 0.573 e. The zero-order chi connectivity index (χ0) is 20.5. The van der Waals surface area contributed by atoms with Crippen LogP contribution in [-0.4, -0.2) is 44.0 Å². The summed E-state index contributed by atoms with van der Waals surface area (Å²) < 4.78 is 47.6. The number of benzene rings is 1. The number of hydrogen-bond donors (Lipinski definition) is 0. The van der Waals surface area contributed by atoms with Gasteiger partial charge in [-0.05, 0) is 30.7 Å². The van der Waals surface area contributed by atoms with Crippen LogP contribution in [-0.2, 0) is 9.53 Å². The first-order valence-corrected chi connectivity index (χ1v) is 8.01. The van der Waals surface area contributed by atoms with E-state index in [1.165, 1.54) is 30.3 Å². The summed E-state index contributed by atoms with van der Waals surface area (Å²) in [6.45, 7) is 1.71. The number of aromatic nitrogens is 5. The van der Waals surface area contributed by atoms with E-state index in [-0.39, 0.29) is 11.2 Å². The van der Waals surface area contributed by atoms with Gasteiger partial charge in [-0.2, -0.15) is 4.68 Å². The Morgan fingerprint density at radius 3 is 2.50 bits per heavy atom. The van der Waals surface area contributed by atoms with Crippen molar-refractivity contribution in [1.82, 2.24) is 24.5 Å². The van der Waals surface area contributed by atoms with E-state index in [1.807, 2.05) is 0 Å². The molecule has 9 nitrogen and oxygen atoms in total. The molecule has 0 radical (unpaired) electrons. The van der Waals surface area contributed by atoms with Gasteiger partial charge in [0, 0.05) is 0 Å². The highest BCUT2D eigenvalue weighted by Gasteiger charge is 2.31. The van der Waals surface area contributed by atoms with Crippen molar-refractivity contribution in [2.24, 2.45) is 0 Å². The van der Waals surface area contributed by atoms with Crippen molar-refractivity contribution in [3.05, 3.63) is 40.9 Å². The molecule has 148 valence electrons. The average molecular weight is 397 g/mol. The lowest BCUT2D eigenvalue weighted by atomic mass is 10.2. The van der Waals surface area contributed by atoms with E-state index in [1.54, 1.807) is 6.92 Å². The summed E-state index contributed by atoms with van der Waals surface area (Å²) in [5.41, 5.74) is -0.280. The highest BCUT2D eigenvalue weighted by molar-refractivity contribution is 5.75. The van der Waals surface area contributed by atoms with Crippen LogP contribution in [0.15, 0.2) is 35.4 Å². The van der Waals surface area contributed by atoms with Crippen molar-refractivity contribution in [2.45, 2.75) is 25.7 Å². The molecule has 0 aliphatic heterocycles. The molecule has 0 saturated heterocycles. The highest BCUT2D eigenvalue weighted by atomic mass is 19.4. The van der Waals surface area contributed by atoms with E-state index >= 15 is 0 Å². The summed E-state index contributed by atoms with van der Waals surface area (Å²) >= 11 is 0.